The fourth-order valence-electron chi connectivity index (χ4n) is 0.924. The van der Waals surface area contributed by atoms with Gasteiger partial charge in [0.25, 0.3) is 0 Å². The fraction of sp³-hybridized carbons (Fsp3) is 0.600. The van der Waals surface area contributed by atoms with E-state index in [4.69, 9.17) is 0 Å². The minimum Gasteiger partial charge on any atom is -0.598 e. The van der Waals surface area contributed by atoms with Crippen LogP contribution in [-0.2, 0) is 11.4 Å². The summed E-state index contributed by atoms with van der Waals surface area (Å²) >= 11 is -1.10. The Labute approximate surface area is 93.8 Å². The molecule has 0 saturated carbocycles. The van der Waals surface area contributed by atoms with E-state index in [-0.39, 0.29) is 10.8 Å². The summed E-state index contributed by atoms with van der Waals surface area (Å²) in [6.07, 6.45) is 3.36. The zero-order valence-electron chi connectivity index (χ0n) is 9.52. The lowest BCUT2D eigenvalue weighted by atomic mass is 10.3. The van der Waals surface area contributed by atoms with E-state index in [0.717, 1.165) is 0 Å². The molecule has 0 saturated heterocycles. The molecule has 0 aromatic carbocycles. The predicted molar refractivity (Wildman–Crippen MR) is 61.5 cm³/mol. The van der Waals surface area contributed by atoms with Gasteiger partial charge in [-0.1, -0.05) is 0 Å². The lowest BCUT2D eigenvalue weighted by molar-refractivity contribution is 0.526. The van der Waals surface area contributed by atoms with Gasteiger partial charge in [-0.05, 0) is 33.8 Å². The highest BCUT2D eigenvalue weighted by Gasteiger charge is 2.28. The maximum Gasteiger partial charge on any atom is 0.149 e. The van der Waals surface area contributed by atoms with Crippen LogP contribution in [-0.4, -0.2) is 19.3 Å². The van der Waals surface area contributed by atoms with Gasteiger partial charge in [-0.2, -0.15) is 0 Å². The van der Waals surface area contributed by atoms with Crippen molar-refractivity contribution in [2.24, 2.45) is 0 Å². The van der Waals surface area contributed by atoms with E-state index < -0.39 is 11.4 Å². The third-order valence-corrected chi connectivity index (χ3v) is 3.49. The van der Waals surface area contributed by atoms with Gasteiger partial charge >= 0.3 is 0 Å². The number of nitrogens with zero attached hydrogens (tertiary/aromatic N) is 2. The van der Waals surface area contributed by atoms with Gasteiger partial charge < -0.3 is 4.55 Å². The standard InChI is InChI=1S/C10H17N3OS/c1-8(9-11-6-5-7-12-9)13-15(14)10(2,3)4/h5-8,13H,1-4H3/t8-,15-/m1/s1. The van der Waals surface area contributed by atoms with Crippen LogP contribution < -0.4 is 4.72 Å². The maximum absolute atomic E-state index is 11.8. The molecule has 84 valence electrons. The van der Waals surface area contributed by atoms with Gasteiger partial charge in [0.15, 0.2) is 0 Å². The van der Waals surface area contributed by atoms with E-state index in [1.54, 1.807) is 18.5 Å². The van der Waals surface area contributed by atoms with Gasteiger partial charge in [0.1, 0.15) is 16.6 Å². The van der Waals surface area contributed by atoms with Crippen molar-refractivity contribution in [3.8, 4) is 0 Å². The van der Waals surface area contributed by atoms with Gasteiger partial charge in [0.05, 0.1) is 0 Å². The van der Waals surface area contributed by atoms with Crippen LogP contribution in [0.4, 0.5) is 0 Å². The van der Waals surface area contributed by atoms with Crippen LogP contribution in [0.1, 0.15) is 39.6 Å². The highest BCUT2D eigenvalue weighted by atomic mass is 32.2. The molecule has 0 bridgehead atoms. The van der Waals surface area contributed by atoms with Crippen LogP contribution in [0.25, 0.3) is 0 Å². The summed E-state index contributed by atoms with van der Waals surface area (Å²) in [6, 6.07) is 1.66. The van der Waals surface area contributed by atoms with Crippen molar-refractivity contribution in [3.63, 3.8) is 0 Å². The smallest absolute Gasteiger partial charge is 0.149 e. The van der Waals surface area contributed by atoms with E-state index in [0.29, 0.717) is 5.82 Å². The molecule has 2 atom stereocenters. The average molecular weight is 227 g/mol. The van der Waals surface area contributed by atoms with Crippen LogP contribution >= 0.6 is 0 Å². The predicted octanol–water partition coefficient (Wildman–Crippen LogP) is 1.59. The van der Waals surface area contributed by atoms with Crippen LogP contribution in [0.3, 0.4) is 0 Å². The number of hydrogen-bond acceptors (Lipinski definition) is 4. The van der Waals surface area contributed by atoms with Gasteiger partial charge in [-0.3, -0.25) is 0 Å². The Hall–Kier alpha value is -0.650. The molecule has 1 N–H and O–H groups in total. The van der Waals surface area contributed by atoms with Gasteiger partial charge in [0.2, 0.25) is 0 Å². The molecule has 0 radical (unpaired) electrons. The molecule has 1 aromatic heterocycles. The molecule has 5 heteroatoms. The highest BCUT2D eigenvalue weighted by molar-refractivity contribution is 7.90. The molecule has 15 heavy (non-hydrogen) atoms. The third-order valence-electron chi connectivity index (χ3n) is 1.81. The summed E-state index contributed by atoms with van der Waals surface area (Å²) in [5.41, 5.74) is 0. The molecule has 0 aliphatic heterocycles. The first kappa shape index (κ1) is 12.4. The van der Waals surface area contributed by atoms with Crippen molar-refractivity contribution in [2.75, 3.05) is 0 Å². The van der Waals surface area contributed by atoms with Crippen LogP contribution in [0.2, 0.25) is 0 Å². The Bertz CT molecular complexity index is 299. The Morgan fingerprint density at radius 3 is 2.33 bits per heavy atom. The lowest BCUT2D eigenvalue weighted by Gasteiger charge is -2.25. The number of nitrogens with one attached hydrogen (secondary N) is 1. The first-order valence-electron chi connectivity index (χ1n) is 4.86. The molecule has 0 aliphatic carbocycles. The molecule has 1 rings (SSSR count). The zero-order chi connectivity index (χ0) is 11.5. The molecule has 1 heterocycles. The molecule has 0 fully saturated rings. The normalized spacial score (nSPS) is 16.1. The topological polar surface area (TPSA) is 60.9 Å². The van der Waals surface area contributed by atoms with Crippen molar-refractivity contribution in [1.29, 1.82) is 0 Å². The summed E-state index contributed by atoms with van der Waals surface area (Å²) in [5.74, 6) is 0.662. The maximum atomic E-state index is 11.8. The molecular formula is C10H17N3OS. The fourth-order valence-corrected chi connectivity index (χ4v) is 1.70. The van der Waals surface area contributed by atoms with Crippen LogP contribution in [0.5, 0.6) is 0 Å². The van der Waals surface area contributed by atoms with Crippen LogP contribution in [0.15, 0.2) is 18.5 Å². The van der Waals surface area contributed by atoms with Crippen molar-refractivity contribution >= 4 is 11.4 Å². The van der Waals surface area contributed by atoms with Crippen molar-refractivity contribution in [2.45, 2.75) is 38.5 Å². The van der Waals surface area contributed by atoms with Gasteiger partial charge in [0, 0.05) is 23.8 Å². The first-order chi connectivity index (χ1) is 6.91. The second-order valence-corrected chi connectivity index (χ2v) is 6.33. The van der Waals surface area contributed by atoms with E-state index >= 15 is 0 Å². The first-order valence-corrected chi connectivity index (χ1v) is 6.01. The number of rotatable bonds is 3. The summed E-state index contributed by atoms with van der Waals surface area (Å²) in [5, 5.41) is 0. The van der Waals surface area contributed by atoms with Crippen molar-refractivity contribution in [3.05, 3.63) is 24.3 Å². The number of hydrogen-bond donors (Lipinski definition) is 1. The van der Waals surface area contributed by atoms with E-state index in [9.17, 15) is 4.55 Å². The summed E-state index contributed by atoms with van der Waals surface area (Å²) in [4.78, 5) is 8.21. The highest BCUT2D eigenvalue weighted by Crippen LogP contribution is 2.17. The summed E-state index contributed by atoms with van der Waals surface area (Å²) < 4.78 is 14.5. The van der Waals surface area contributed by atoms with E-state index in [2.05, 4.69) is 14.7 Å². The monoisotopic (exact) mass is 227 g/mol. The van der Waals surface area contributed by atoms with Crippen LogP contribution in [0, 0.1) is 0 Å². The Morgan fingerprint density at radius 2 is 1.87 bits per heavy atom. The largest absolute Gasteiger partial charge is 0.598 e. The van der Waals surface area contributed by atoms with E-state index in [1.165, 1.54) is 0 Å². The lowest BCUT2D eigenvalue weighted by Crippen LogP contribution is -2.40. The molecule has 0 unspecified atom stereocenters. The Morgan fingerprint density at radius 1 is 1.33 bits per heavy atom. The second-order valence-electron chi connectivity index (χ2n) is 4.33. The van der Waals surface area contributed by atoms with Crippen molar-refractivity contribution in [1.82, 2.24) is 14.7 Å². The molecule has 1 aromatic rings. The Kier molecular flexibility index (Phi) is 4.07. The minimum atomic E-state index is -1.10. The molecular weight excluding hydrogens is 210 g/mol. The molecule has 0 amide bonds. The molecule has 0 spiro atoms. The minimum absolute atomic E-state index is 0.105. The van der Waals surface area contributed by atoms with Crippen molar-refractivity contribution < 1.29 is 4.55 Å². The van der Waals surface area contributed by atoms with E-state index in [1.807, 2.05) is 27.7 Å². The third kappa shape index (κ3) is 3.77. The average Bonchev–Trinajstić information content (AvgIpc) is 2.17. The van der Waals surface area contributed by atoms with Gasteiger partial charge in [-0.25, -0.2) is 9.97 Å². The molecule has 4 nitrogen and oxygen atoms in total. The SMILES string of the molecule is C[C@@H](N[S@+]([O-])C(C)(C)C)c1ncccn1. The summed E-state index contributed by atoms with van der Waals surface area (Å²) in [6.45, 7) is 7.68. The number of aromatic nitrogens is 2. The molecule has 0 aliphatic rings. The second kappa shape index (κ2) is 4.92. The zero-order valence-corrected chi connectivity index (χ0v) is 10.3. The summed E-state index contributed by atoms with van der Waals surface area (Å²) in [7, 11) is 0. The Balaban J connectivity index is 2.61. The van der Waals surface area contributed by atoms with Gasteiger partial charge in [-0.15, -0.1) is 4.72 Å². The quantitative estimate of drug-likeness (QED) is 0.797.